The number of aliphatic carboxylic acids is 1. The van der Waals surface area contributed by atoms with Gasteiger partial charge in [-0.1, -0.05) is 19.3 Å². The number of nitriles is 1. The van der Waals surface area contributed by atoms with Gasteiger partial charge < -0.3 is 5.11 Å². The summed E-state index contributed by atoms with van der Waals surface area (Å²) in [7, 11) is -3.69. The lowest BCUT2D eigenvalue weighted by atomic mass is 9.77. The van der Waals surface area contributed by atoms with E-state index in [1.165, 1.54) is 0 Å². The van der Waals surface area contributed by atoms with Gasteiger partial charge in [-0.3, -0.25) is 4.79 Å². The van der Waals surface area contributed by atoms with E-state index < -0.39 is 27.4 Å². The van der Waals surface area contributed by atoms with Crippen LogP contribution in [0.1, 0.15) is 44.9 Å². The zero-order valence-electron chi connectivity index (χ0n) is 11.4. The van der Waals surface area contributed by atoms with E-state index in [1.54, 1.807) is 0 Å². The van der Waals surface area contributed by atoms with E-state index in [2.05, 4.69) is 6.07 Å². The van der Waals surface area contributed by atoms with E-state index in [0.717, 1.165) is 23.6 Å². The predicted molar refractivity (Wildman–Crippen MR) is 72.3 cm³/mol. The molecule has 0 unspecified atom stereocenters. The number of carboxylic acids is 1. The Kier molecular flexibility index (Phi) is 4.35. The van der Waals surface area contributed by atoms with Crippen molar-refractivity contribution in [2.75, 3.05) is 12.3 Å². The lowest BCUT2D eigenvalue weighted by Crippen LogP contribution is -2.45. The molecule has 1 atom stereocenters. The molecule has 1 aliphatic heterocycles. The summed E-state index contributed by atoms with van der Waals surface area (Å²) in [5, 5.41) is 18.5. The van der Waals surface area contributed by atoms with Crippen LogP contribution in [0.4, 0.5) is 0 Å². The van der Waals surface area contributed by atoms with Crippen LogP contribution in [-0.2, 0) is 14.8 Å². The van der Waals surface area contributed by atoms with Crippen LogP contribution in [0.3, 0.4) is 0 Å². The van der Waals surface area contributed by atoms with Gasteiger partial charge in [-0.25, -0.2) is 8.42 Å². The van der Waals surface area contributed by atoms with E-state index in [9.17, 15) is 18.5 Å². The average molecular weight is 300 g/mol. The summed E-state index contributed by atoms with van der Waals surface area (Å²) in [6, 6.07) is 1.23. The molecule has 112 valence electrons. The van der Waals surface area contributed by atoms with Gasteiger partial charge in [0.15, 0.2) is 0 Å². The maximum atomic E-state index is 12.5. The van der Waals surface area contributed by atoms with Crippen molar-refractivity contribution in [3.05, 3.63) is 0 Å². The van der Waals surface area contributed by atoms with Gasteiger partial charge in [-0.2, -0.15) is 9.57 Å². The van der Waals surface area contributed by atoms with Crippen molar-refractivity contribution in [1.29, 1.82) is 5.26 Å². The van der Waals surface area contributed by atoms with Crippen molar-refractivity contribution in [2.45, 2.75) is 51.0 Å². The molecule has 1 aliphatic carbocycles. The largest absolute Gasteiger partial charge is 0.480 e. The van der Waals surface area contributed by atoms with Crippen LogP contribution in [0.5, 0.6) is 0 Å². The normalized spacial score (nSPS) is 27.1. The molecule has 0 amide bonds. The van der Waals surface area contributed by atoms with Gasteiger partial charge in [0.05, 0.1) is 17.2 Å². The second-order valence-electron chi connectivity index (χ2n) is 5.82. The minimum Gasteiger partial charge on any atom is -0.480 e. The van der Waals surface area contributed by atoms with Gasteiger partial charge >= 0.3 is 5.97 Å². The summed E-state index contributed by atoms with van der Waals surface area (Å²) in [5.74, 6) is -1.33. The Labute approximate surface area is 119 Å². The Balaban J connectivity index is 2.18. The molecule has 6 nitrogen and oxygen atoms in total. The fraction of sp³-hybridized carbons (Fsp3) is 0.846. The van der Waals surface area contributed by atoms with Gasteiger partial charge in [0, 0.05) is 6.54 Å². The molecular weight excluding hydrogens is 280 g/mol. The van der Waals surface area contributed by atoms with E-state index in [-0.39, 0.29) is 12.3 Å². The maximum absolute atomic E-state index is 12.5. The second kappa shape index (κ2) is 5.70. The molecule has 0 radical (unpaired) electrons. The number of rotatable bonds is 4. The highest BCUT2D eigenvalue weighted by Gasteiger charge is 2.44. The van der Waals surface area contributed by atoms with Crippen LogP contribution in [0, 0.1) is 16.7 Å². The van der Waals surface area contributed by atoms with E-state index in [1.807, 2.05) is 0 Å². The average Bonchev–Trinajstić information content (AvgIpc) is 2.89. The third-order valence-corrected chi connectivity index (χ3v) is 6.42. The Morgan fingerprint density at radius 1 is 1.30 bits per heavy atom. The smallest absolute Gasteiger partial charge is 0.322 e. The summed E-state index contributed by atoms with van der Waals surface area (Å²) in [5.41, 5.74) is -0.831. The fourth-order valence-corrected chi connectivity index (χ4v) is 5.48. The van der Waals surface area contributed by atoms with Gasteiger partial charge in [-0.15, -0.1) is 0 Å². The second-order valence-corrected chi connectivity index (χ2v) is 7.74. The minimum absolute atomic E-state index is 0.236. The first kappa shape index (κ1) is 15.3. The maximum Gasteiger partial charge on any atom is 0.322 e. The van der Waals surface area contributed by atoms with Crippen LogP contribution in [0.15, 0.2) is 0 Å². The molecular formula is C13H20N2O4S. The zero-order chi connectivity index (χ0) is 14.8. The van der Waals surface area contributed by atoms with Crippen LogP contribution >= 0.6 is 0 Å². The third kappa shape index (κ3) is 2.96. The number of sulfonamides is 1. The van der Waals surface area contributed by atoms with Gasteiger partial charge in [0.2, 0.25) is 10.0 Å². The lowest BCUT2D eigenvalue weighted by Gasteiger charge is -2.32. The van der Waals surface area contributed by atoms with Crippen molar-refractivity contribution in [3.63, 3.8) is 0 Å². The van der Waals surface area contributed by atoms with Gasteiger partial charge in [0.25, 0.3) is 0 Å². The highest BCUT2D eigenvalue weighted by molar-refractivity contribution is 7.89. The summed E-state index contributed by atoms with van der Waals surface area (Å²) >= 11 is 0. The number of carboxylic acid groups (broad SMARTS) is 1. The lowest BCUT2D eigenvalue weighted by molar-refractivity contribution is -0.140. The molecule has 1 saturated carbocycles. The molecule has 1 N–H and O–H groups in total. The molecule has 0 spiro atoms. The number of nitrogens with zero attached hydrogens (tertiary/aromatic N) is 2. The minimum atomic E-state index is -3.69. The highest BCUT2D eigenvalue weighted by atomic mass is 32.2. The van der Waals surface area contributed by atoms with Crippen molar-refractivity contribution in [2.24, 2.45) is 5.41 Å². The fourth-order valence-electron chi connectivity index (χ4n) is 3.27. The first-order chi connectivity index (χ1) is 9.40. The summed E-state index contributed by atoms with van der Waals surface area (Å²) in [6.45, 7) is 0.251. The Hall–Kier alpha value is -1.13. The monoisotopic (exact) mass is 300 g/mol. The molecule has 20 heavy (non-hydrogen) atoms. The number of carbonyl (C=O) groups is 1. The molecule has 0 bridgehead atoms. The molecule has 2 fully saturated rings. The Bertz CT molecular complexity index is 517. The van der Waals surface area contributed by atoms with Crippen molar-refractivity contribution in [1.82, 2.24) is 4.31 Å². The van der Waals surface area contributed by atoms with Crippen LogP contribution in [-0.4, -0.2) is 42.1 Å². The molecule has 1 saturated heterocycles. The summed E-state index contributed by atoms with van der Waals surface area (Å²) < 4.78 is 26.1. The van der Waals surface area contributed by atoms with Crippen molar-refractivity contribution in [3.8, 4) is 6.07 Å². The highest BCUT2D eigenvalue weighted by Crippen LogP contribution is 2.38. The van der Waals surface area contributed by atoms with Gasteiger partial charge in [0.1, 0.15) is 6.04 Å². The standard InChI is InChI=1S/C13H20N2O4S/c14-9-13(6-2-1-3-7-13)10-20(18,19)15-8-4-5-11(15)12(16)17/h11H,1-8,10H2,(H,16,17)/t11-/m1/s1. The molecule has 0 aromatic carbocycles. The van der Waals surface area contributed by atoms with E-state index >= 15 is 0 Å². The molecule has 0 aromatic rings. The molecule has 7 heteroatoms. The van der Waals surface area contributed by atoms with Crippen LogP contribution in [0.2, 0.25) is 0 Å². The van der Waals surface area contributed by atoms with E-state index in [0.29, 0.717) is 25.7 Å². The van der Waals surface area contributed by atoms with Crippen molar-refractivity contribution < 1.29 is 18.3 Å². The van der Waals surface area contributed by atoms with E-state index in [4.69, 9.17) is 5.11 Å². The first-order valence-corrected chi connectivity index (χ1v) is 8.65. The zero-order valence-corrected chi connectivity index (χ0v) is 12.2. The Morgan fingerprint density at radius 3 is 2.50 bits per heavy atom. The predicted octanol–water partition coefficient (Wildman–Crippen LogP) is 1.34. The first-order valence-electron chi connectivity index (χ1n) is 7.04. The molecule has 2 rings (SSSR count). The SMILES string of the molecule is N#CC1(CS(=O)(=O)N2CCC[C@@H]2C(=O)O)CCCCC1. The number of hydrogen-bond acceptors (Lipinski definition) is 4. The molecule has 2 aliphatic rings. The van der Waals surface area contributed by atoms with Gasteiger partial charge in [-0.05, 0) is 25.7 Å². The topological polar surface area (TPSA) is 98.5 Å². The van der Waals surface area contributed by atoms with Crippen LogP contribution in [0.25, 0.3) is 0 Å². The van der Waals surface area contributed by atoms with Crippen molar-refractivity contribution >= 4 is 16.0 Å². The Morgan fingerprint density at radius 2 is 1.95 bits per heavy atom. The molecule has 1 heterocycles. The van der Waals surface area contributed by atoms with Crippen LogP contribution < -0.4 is 0 Å². The third-order valence-electron chi connectivity index (χ3n) is 4.35. The molecule has 0 aromatic heterocycles. The summed E-state index contributed by atoms with van der Waals surface area (Å²) in [4.78, 5) is 11.1. The summed E-state index contributed by atoms with van der Waals surface area (Å²) in [6.07, 6.45) is 4.87. The quantitative estimate of drug-likeness (QED) is 0.844. The number of hydrogen-bond donors (Lipinski definition) is 1.